The topological polar surface area (TPSA) is 91.6 Å². The molecule has 2 amide bonds. The fourth-order valence-electron chi connectivity index (χ4n) is 3.59. The second kappa shape index (κ2) is 13.1. The first kappa shape index (κ1) is 26.7. The molecule has 9 heteroatoms. The van der Waals surface area contributed by atoms with E-state index in [9.17, 15) is 9.59 Å². The van der Waals surface area contributed by atoms with Crippen LogP contribution in [0.1, 0.15) is 36.0 Å². The molecule has 1 saturated heterocycles. The number of para-hydroxylation sites is 1. The van der Waals surface area contributed by atoms with Crippen molar-refractivity contribution in [2.75, 3.05) is 31.6 Å². The number of rotatable bonds is 7. The van der Waals surface area contributed by atoms with Gasteiger partial charge >= 0.3 is 0 Å². The van der Waals surface area contributed by atoms with Crippen molar-refractivity contribution in [3.05, 3.63) is 54.2 Å². The molecule has 1 fully saturated rings. The molecule has 3 N–H and O–H groups in total. The van der Waals surface area contributed by atoms with Gasteiger partial charge in [-0.3, -0.25) is 9.59 Å². The first-order chi connectivity index (χ1) is 14.1. The maximum Gasteiger partial charge on any atom is 0.255 e. The van der Waals surface area contributed by atoms with Crippen molar-refractivity contribution in [1.29, 1.82) is 0 Å². The van der Waals surface area contributed by atoms with Gasteiger partial charge in [-0.05, 0) is 43.5 Å². The van der Waals surface area contributed by atoms with Crippen LogP contribution in [0.3, 0.4) is 0 Å². The van der Waals surface area contributed by atoms with Crippen LogP contribution in [0.2, 0.25) is 0 Å². The van der Waals surface area contributed by atoms with Crippen molar-refractivity contribution in [1.82, 2.24) is 15.2 Å². The van der Waals surface area contributed by atoms with Crippen molar-refractivity contribution in [3.63, 3.8) is 0 Å². The van der Waals surface area contributed by atoms with Gasteiger partial charge in [0.2, 0.25) is 5.91 Å². The molecule has 0 bridgehead atoms. The van der Waals surface area contributed by atoms with E-state index in [1.54, 1.807) is 6.20 Å². The molecule has 0 spiro atoms. The number of nitrogens with two attached hydrogens (primary N) is 1. The third-order valence-electron chi connectivity index (χ3n) is 5.28. The molecule has 0 aliphatic carbocycles. The second-order valence-corrected chi connectivity index (χ2v) is 7.29. The number of halogens is 2. The zero-order valence-corrected chi connectivity index (χ0v) is 19.3. The maximum absolute atomic E-state index is 13.1. The Labute approximate surface area is 196 Å². The van der Waals surface area contributed by atoms with Crippen LogP contribution in [0.5, 0.6) is 0 Å². The van der Waals surface area contributed by atoms with Crippen molar-refractivity contribution in [3.8, 4) is 0 Å². The summed E-state index contributed by atoms with van der Waals surface area (Å²) in [6.07, 6.45) is 4.86. The van der Waals surface area contributed by atoms with E-state index < -0.39 is 0 Å². The first-order valence-electron chi connectivity index (χ1n) is 10.1. The lowest BCUT2D eigenvalue weighted by Gasteiger charge is -2.36. The molecule has 1 unspecified atom stereocenters. The lowest BCUT2D eigenvalue weighted by molar-refractivity contribution is -0.121. The summed E-state index contributed by atoms with van der Waals surface area (Å²) in [5, 5.41) is 2.90. The van der Waals surface area contributed by atoms with Crippen molar-refractivity contribution in [2.45, 2.75) is 31.7 Å². The molecule has 31 heavy (non-hydrogen) atoms. The summed E-state index contributed by atoms with van der Waals surface area (Å²) in [4.78, 5) is 33.1. The van der Waals surface area contributed by atoms with Crippen LogP contribution in [-0.4, -0.2) is 54.4 Å². The summed E-state index contributed by atoms with van der Waals surface area (Å²) < 4.78 is 0. The van der Waals surface area contributed by atoms with Gasteiger partial charge in [0.25, 0.3) is 5.91 Å². The van der Waals surface area contributed by atoms with Crippen LogP contribution in [0.25, 0.3) is 0 Å². The number of hydrogen-bond donors (Lipinski definition) is 2. The molecule has 170 valence electrons. The van der Waals surface area contributed by atoms with Crippen LogP contribution in [0.4, 0.5) is 11.5 Å². The number of benzene rings is 1. The normalized spacial score (nSPS) is 15.3. The van der Waals surface area contributed by atoms with Gasteiger partial charge < -0.3 is 20.9 Å². The minimum absolute atomic E-state index is 0. The average Bonchev–Trinajstić information content (AvgIpc) is 2.78. The van der Waals surface area contributed by atoms with Gasteiger partial charge in [-0.25, -0.2) is 4.98 Å². The fraction of sp³-hybridized carbons (Fsp3) is 0.409. The highest BCUT2D eigenvalue weighted by Crippen LogP contribution is 2.23. The highest BCUT2D eigenvalue weighted by molar-refractivity contribution is 5.94. The number of hydrogen-bond acceptors (Lipinski definition) is 5. The van der Waals surface area contributed by atoms with E-state index in [-0.39, 0.29) is 42.7 Å². The third kappa shape index (κ3) is 7.09. The molecule has 3 rings (SSSR count). The van der Waals surface area contributed by atoms with Crippen molar-refractivity contribution in [2.24, 2.45) is 5.73 Å². The minimum Gasteiger partial charge on any atom is -0.354 e. The first-order valence-corrected chi connectivity index (χ1v) is 10.1. The van der Waals surface area contributed by atoms with Gasteiger partial charge in [0.05, 0.1) is 5.56 Å². The van der Waals surface area contributed by atoms with Crippen LogP contribution >= 0.6 is 24.8 Å². The van der Waals surface area contributed by atoms with Gasteiger partial charge in [0.1, 0.15) is 5.82 Å². The number of nitrogens with zero attached hydrogens (tertiary/aromatic N) is 3. The van der Waals surface area contributed by atoms with Gasteiger partial charge in [-0.1, -0.05) is 18.2 Å². The SMILES string of the molecule is CN(c1ccccc1)c1ccc(C(=O)N2CCCCC2CNC(=O)CCN)cn1.Cl.Cl. The van der Waals surface area contributed by atoms with Crippen LogP contribution in [0, 0.1) is 0 Å². The number of carbonyl (C=O) groups excluding carboxylic acids is 2. The maximum atomic E-state index is 13.1. The smallest absolute Gasteiger partial charge is 0.255 e. The van der Waals surface area contributed by atoms with Crippen molar-refractivity contribution >= 4 is 48.1 Å². The molecule has 1 aliphatic rings. The minimum atomic E-state index is -0.0690. The number of anilines is 2. The summed E-state index contributed by atoms with van der Waals surface area (Å²) in [7, 11) is 1.95. The number of likely N-dealkylation sites (tertiary alicyclic amines) is 1. The number of nitrogens with one attached hydrogen (secondary N) is 1. The summed E-state index contributed by atoms with van der Waals surface area (Å²) >= 11 is 0. The van der Waals surface area contributed by atoms with E-state index in [4.69, 9.17) is 5.73 Å². The predicted octanol–water partition coefficient (Wildman–Crippen LogP) is 3.15. The van der Waals surface area contributed by atoms with Gasteiger partial charge in [-0.15, -0.1) is 24.8 Å². The molecular weight excluding hydrogens is 437 g/mol. The molecule has 0 saturated carbocycles. The Bertz CT molecular complexity index is 820. The highest BCUT2D eigenvalue weighted by Gasteiger charge is 2.28. The van der Waals surface area contributed by atoms with E-state index in [1.165, 1.54) is 0 Å². The van der Waals surface area contributed by atoms with Gasteiger partial charge in [-0.2, -0.15) is 0 Å². The lowest BCUT2D eigenvalue weighted by Crippen LogP contribution is -2.49. The predicted molar refractivity (Wildman–Crippen MR) is 129 cm³/mol. The Morgan fingerprint density at radius 3 is 2.55 bits per heavy atom. The second-order valence-electron chi connectivity index (χ2n) is 7.29. The largest absolute Gasteiger partial charge is 0.354 e. The molecule has 2 heterocycles. The van der Waals surface area contributed by atoms with E-state index in [0.717, 1.165) is 30.8 Å². The number of piperidine rings is 1. The third-order valence-corrected chi connectivity index (χ3v) is 5.28. The van der Waals surface area contributed by atoms with Crippen LogP contribution in [0.15, 0.2) is 48.7 Å². The Hall–Kier alpha value is -2.35. The molecule has 1 aromatic heterocycles. The summed E-state index contributed by atoms with van der Waals surface area (Å²) in [5.74, 6) is 0.668. The average molecular weight is 468 g/mol. The number of amides is 2. The van der Waals surface area contributed by atoms with Gasteiger partial charge in [0, 0.05) is 51.0 Å². The number of aromatic nitrogens is 1. The lowest BCUT2D eigenvalue weighted by atomic mass is 10.0. The quantitative estimate of drug-likeness (QED) is 0.652. The zero-order chi connectivity index (χ0) is 20.6. The highest BCUT2D eigenvalue weighted by atomic mass is 35.5. The standard InChI is InChI=1S/C22H29N5O2.2ClH/c1-26(18-7-3-2-4-8-18)20-11-10-17(15-24-20)22(29)27-14-6-5-9-19(27)16-25-21(28)12-13-23;;/h2-4,7-8,10-11,15,19H,5-6,9,12-14,16,23H2,1H3,(H,25,28);2*1H. The van der Waals surface area contributed by atoms with E-state index >= 15 is 0 Å². The Morgan fingerprint density at radius 1 is 1.16 bits per heavy atom. The Kier molecular flexibility index (Phi) is 11.3. The molecule has 2 aromatic rings. The number of pyridine rings is 1. The monoisotopic (exact) mass is 467 g/mol. The molecule has 1 aliphatic heterocycles. The Morgan fingerprint density at radius 2 is 1.90 bits per heavy atom. The van der Waals surface area contributed by atoms with E-state index in [1.807, 2.05) is 59.3 Å². The summed E-state index contributed by atoms with van der Waals surface area (Å²) in [5.41, 5.74) is 7.02. The molecular formula is C22H31Cl2N5O2. The van der Waals surface area contributed by atoms with Crippen molar-refractivity contribution < 1.29 is 9.59 Å². The fourth-order valence-corrected chi connectivity index (χ4v) is 3.59. The molecule has 1 aromatic carbocycles. The van der Waals surface area contributed by atoms with Crippen LogP contribution in [-0.2, 0) is 4.79 Å². The molecule has 7 nitrogen and oxygen atoms in total. The summed E-state index contributed by atoms with van der Waals surface area (Å²) in [6, 6.07) is 13.6. The molecule has 1 atom stereocenters. The zero-order valence-electron chi connectivity index (χ0n) is 17.7. The van der Waals surface area contributed by atoms with E-state index in [0.29, 0.717) is 31.6 Å². The molecule has 0 radical (unpaired) electrons. The Balaban J connectivity index is 0.00000240. The van der Waals surface area contributed by atoms with Gasteiger partial charge in [0.15, 0.2) is 0 Å². The van der Waals surface area contributed by atoms with E-state index in [2.05, 4.69) is 10.3 Å². The van der Waals surface area contributed by atoms with Crippen LogP contribution < -0.4 is 16.0 Å². The summed E-state index contributed by atoms with van der Waals surface area (Å²) in [6.45, 7) is 1.49. The number of carbonyl (C=O) groups is 2.